The molecule has 0 aliphatic heterocycles. The first kappa shape index (κ1) is 13.9. The van der Waals surface area contributed by atoms with Crippen molar-refractivity contribution in [3.63, 3.8) is 0 Å². The summed E-state index contributed by atoms with van der Waals surface area (Å²) in [5.74, 6) is 0.268. The molecular formula is C15H16N2O3. The molecule has 0 bridgehead atoms. The predicted molar refractivity (Wildman–Crippen MR) is 76.6 cm³/mol. The number of carbonyl (C=O) groups is 1. The van der Waals surface area contributed by atoms with Crippen molar-refractivity contribution in [2.45, 2.75) is 6.92 Å². The number of carbonyl (C=O) groups excluding carboxylic acids is 1. The van der Waals surface area contributed by atoms with Crippen LogP contribution in [0.4, 0.5) is 5.69 Å². The van der Waals surface area contributed by atoms with Crippen LogP contribution in [0, 0.1) is 0 Å². The third-order valence-electron chi connectivity index (χ3n) is 2.79. The summed E-state index contributed by atoms with van der Waals surface area (Å²) >= 11 is 0. The van der Waals surface area contributed by atoms with Crippen LogP contribution in [-0.2, 0) is 4.74 Å². The summed E-state index contributed by atoms with van der Waals surface area (Å²) in [4.78, 5) is 15.5. The lowest BCUT2D eigenvalue weighted by atomic mass is 10.1. The first-order chi connectivity index (χ1) is 9.65. The molecule has 0 unspecified atom stereocenters. The predicted octanol–water partition coefficient (Wildman–Crippen LogP) is 2.52. The van der Waals surface area contributed by atoms with E-state index in [1.807, 2.05) is 31.2 Å². The number of nitrogens with two attached hydrogens (primary N) is 1. The third kappa shape index (κ3) is 2.88. The number of rotatable bonds is 4. The van der Waals surface area contributed by atoms with Gasteiger partial charge in [-0.2, -0.15) is 0 Å². The number of ether oxygens (including phenoxy) is 2. The summed E-state index contributed by atoms with van der Waals surface area (Å²) in [6.07, 6.45) is 1.60. The van der Waals surface area contributed by atoms with Crippen molar-refractivity contribution in [1.82, 2.24) is 4.98 Å². The maximum Gasteiger partial charge on any atom is 0.358 e. The van der Waals surface area contributed by atoms with Crippen LogP contribution in [0.5, 0.6) is 5.75 Å². The smallest absolute Gasteiger partial charge is 0.358 e. The monoisotopic (exact) mass is 272 g/mol. The maximum atomic E-state index is 11.4. The molecule has 20 heavy (non-hydrogen) atoms. The zero-order chi connectivity index (χ0) is 14.5. The van der Waals surface area contributed by atoms with Gasteiger partial charge in [0.15, 0.2) is 5.69 Å². The summed E-state index contributed by atoms with van der Waals surface area (Å²) in [7, 11) is 1.30. The van der Waals surface area contributed by atoms with Crippen LogP contribution in [0.1, 0.15) is 17.4 Å². The normalized spacial score (nSPS) is 10.1. The largest absolute Gasteiger partial charge is 0.494 e. The second kappa shape index (κ2) is 6.06. The van der Waals surface area contributed by atoms with Crippen molar-refractivity contribution < 1.29 is 14.3 Å². The van der Waals surface area contributed by atoms with Gasteiger partial charge in [0, 0.05) is 11.8 Å². The summed E-state index contributed by atoms with van der Waals surface area (Å²) < 4.78 is 9.99. The minimum Gasteiger partial charge on any atom is -0.494 e. The van der Waals surface area contributed by atoms with E-state index >= 15 is 0 Å². The van der Waals surface area contributed by atoms with Gasteiger partial charge in [-0.05, 0) is 30.7 Å². The summed E-state index contributed by atoms with van der Waals surface area (Å²) in [6, 6.07) is 9.29. The standard InChI is InChI=1S/C15H16N2O3/c1-3-20-12-6-4-10(5-7-12)11-8-13(16)14(17-9-11)15(18)19-2/h4-9H,3,16H2,1-2H3. The SMILES string of the molecule is CCOc1ccc(-c2cnc(C(=O)OC)c(N)c2)cc1. The molecule has 1 aromatic heterocycles. The Hall–Kier alpha value is -2.56. The van der Waals surface area contributed by atoms with Gasteiger partial charge in [0.25, 0.3) is 0 Å². The quantitative estimate of drug-likeness (QED) is 0.866. The molecule has 0 aliphatic carbocycles. The van der Waals surface area contributed by atoms with E-state index in [4.69, 9.17) is 10.5 Å². The van der Waals surface area contributed by atoms with Crippen LogP contribution < -0.4 is 10.5 Å². The lowest BCUT2D eigenvalue weighted by Gasteiger charge is -2.07. The average Bonchev–Trinajstić information content (AvgIpc) is 2.47. The molecule has 104 valence electrons. The van der Waals surface area contributed by atoms with Gasteiger partial charge in [-0.1, -0.05) is 12.1 Å². The van der Waals surface area contributed by atoms with E-state index in [0.29, 0.717) is 12.3 Å². The van der Waals surface area contributed by atoms with E-state index in [2.05, 4.69) is 9.72 Å². The number of hydrogen-bond donors (Lipinski definition) is 1. The van der Waals surface area contributed by atoms with Gasteiger partial charge in [-0.25, -0.2) is 9.78 Å². The number of hydrogen-bond acceptors (Lipinski definition) is 5. The summed E-state index contributed by atoms with van der Waals surface area (Å²) in [5.41, 5.74) is 8.03. The average molecular weight is 272 g/mol. The summed E-state index contributed by atoms with van der Waals surface area (Å²) in [6.45, 7) is 2.56. The van der Waals surface area contributed by atoms with E-state index in [1.165, 1.54) is 7.11 Å². The van der Waals surface area contributed by atoms with Crippen LogP contribution >= 0.6 is 0 Å². The Kier molecular flexibility index (Phi) is 4.20. The number of benzene rings is 1. The van der Waals surface area contributed by atoms with Gasteiger partial charge in [-0.15, -0.1) is 0 Å². The molecule has 0 saturated carbocycles. The van der Waals surface area contributed by atoms with Gasteiger partial charge in [0.05, 0.1) is 19.4 Å². The molecular weight excluding hydrogens is 256 g/mol. The van der Waals surface area contributed by atoms with Crippen LogP contribution in [-0.4, -0.2) is 24.7 Å². The first-order valence-corrected chi connectivity index (χ1v) is 6.22. The number of pyridine rings is 1. The second-order valence-corrected chi connectivity index (χ2v) is 4.11. The molecule has 0 aliphatic rings. The fourth-order valence-electron chi connectivity index (χ4n) is 1.82. The van der Waals surface area contributed by atoms with Crippen LogP contribution in [0.25, 0.3) is 11.1 Å². The number of nitrogen functional groups attached to an aromatic ring is 1. The molecule has 5 nitrogen and oxygen atoms in total. The Morgan fingerprint density at radius 2 is 1.95 bits per heavy atom. The molecule has 2 rings (SSSR count). The van der Waals surface area contributed by atoms with Gasteiger partial charge < -0.3 is 15.2 Å². The Morgan fingerprint density at radius 1 is 1.25 bits per heavy atom. The van der Waals surface area contributed by atoms with Gasteiger partial charge in [0.2, 0.25) is 0 Å². The molecule has 5 heteroatoms. The van der Waals surface area contributed by atoms with E-state index in [1.54, 1.807) is 12.3 Å². The Balaban J connectivity index is 2.29. The van der Waals surface area contributed by atoms with Crippen molar-refractivity contribution >= 4 is 11.7 Å². The molecule has 0 amide bonds. The number of anilines is 1. The highest BCUT2D eigenvalue weighted by Gasteiger charge is 2.12. The van der Waals surface area contributed by atoms with E-state index < -0.39 is 5.97 Å². The Labute approximate surface area is 117 Å². The van der Waals surface area contributed by atoms with E-state index in [0.717, 1.165) is 16.9 Å². The fourth-order valence-corrected chi connectivity index (χ4v) is 1.82. The van der Waals surface area contributed by atoms with Gasteiger partial charge in [0.1, 0.15) is 5.75 Å². The number of nitrogens with zero attached hydrogens (tertiary/aromatic N) is 1. The van der Waals surface area contributed by atoms with Crippen LogP contribution in [0.15, 0.2) is 36.5 Å². The van der Waals surface area contributed by atoms with Crippen molar-refractivity contribution in [2.24, 2.45) is 0 Å². The molecule has 0 fully saturated rings. The topological polar surface area (TPSA) is 74.4 Å². The fraction of sp³-hybridized carbons (Fsp3) is 0.200. The molecule has 0 spiro atoms. The molecule has 2 aromatic rings. The number of aromatic nitrogens is 1. The molecule has 0 radical (unpaired) electrons. The van der Waals surface area contributed by atoms with Crippen molar-refractivity contribution in [2.75, 3.05) is 19.5 Å². The maximum absolute atomic E-state index is 11.4. The zero-order valence-electron chi connectivity index (χ0n) is 11.4. The van der Waals surface area contributed by atoms with Crippen molar-refractivity contribution in [1.29, 1.82) is 0 Å². The van der Waals surface area contributed by atoms with Gasteiger partial charge >= 0.3 is 5.97 Å². The third-order valence-corrected chi connectivity index (χ3v) is 2.79. The van der Waals surface area contributed by atoms with Crippen LogP contribution in [0.3, 0.4) is 0 Å². The minimum absolute atomic E-state index is 0.127. The zero-order valence-corrected chi connectivity index (χ0v) is 11.4. The molecule has 1 heterocycles. The van der Waals surface area contributed by atoms with Crippen molar-refractivity contribution in [3.8, 4) is 16.9 Å². The highest BCUT2D eigenvalue weighted by atomic mass is 16.5. The lowest BCUT2D eigenvalue weighted by molar-refractivity contribution is 0.0595. The number of esters is 1. The molecule has 0 saturated heterocycles. The number of methoxy groups -OCH3 is 1. The second-order valence-electron chi connectivity index (χ2n) is 4.11. The van der Waals surface area contributed by atoms with E-state index in [9.17, 15) is 4.79 Å². The lowest BCUT2D eigenvalue weighted by Crippen LogP contribution is -2.08. The highest BCUT2D eigenvalue weighted by molar-refractivity contribution is 5.93. The minimum atomic E-state index is -0.541. The van der Waals surface area contributed by atoms with E-state index in [-0.39, 0.29) is 5.69 Å². The Morgan fingerprint density at radius 3 is 2.50 bits per heavy atom. The van der Waals surface area contributed by atoms with Crippen molar-refractivity contribution in [3.05, 3.63) is 42.2 Å². The first-order valence-electron chi connectivity index (χ1n) is 6.22. The molecule has 1 aromatic carbocycles. The summed E-state index contributed by atoms with van der Waals surface area (Å²) in [5, 5.41) is 0. The van der Waals surface area contributed by atoms with Crippen LogP contribution in [0.2, 0.25) is 0 Å². The molecule has 0 atom stereocenters. The Bertz CT molecular complexity index is 609. The molecule has 2 N–H and O–H groups in total. The highest BCUT2D eigenvalue weighted by Crippen LogP contribution is 2.24. The van der Waals surface area contributed by atoms with Gasteiger partial charge in [-0.3, -0.25) is 0 Å².